The molecule has 0 bridgehead atoms. The molecular weight excluding hydrogens is 264 g/mol. The van der Waals surface area contributed by atoms with E-state index >= 15 is 0 Å². The molecule has 4 N–H and O–H groups in total. The molecule has 0 amide bonds. The normalized spacial score (nSPS) is 13.3. The molecule has 0 fully saturated rings. The zero-order chi connectivity index (χ0) is 15.4. The van der Waals surface area contributed by atoms with Gasteiger partial charge in [-0.1, -0.05) is 12.2 Å². The third-order valence-corrected chi connectivity index (χ3v) is 2.79. The van der Waals surface area contributed by atoms with Gasteiger partial charge in [0.15, 0.2) is 0 Å². The molecule has 0 aliphatic heterocycles. The first kappa shape index (κ1) is 15.6. The van der Waals surface area contributed by atoms with Crippen LogP contribution in [0.4, 0.5) is 0 Å². The summed E-state index contributed by atoms with van der Waals surface area (Å²) in [5, 5.41) is 38.0. The molecule has 2 unspecified atom stereocenters. The Morgan fingerprint density at radius 3 is 1.40 bits per heavy atom. The fourth-order valence-corrected chi connectivity index (χ4v) is 1.88. The lowest BCUT2D eigenvalue weighted by Gasteiger charge is -2.20. The number of carbonyl (C=O) groups is 2. The van der Waals surface area contributed by atoms with Crippen molar-refractivity contribution in [1.29, 1.82) is 0 Å². The van der Waals surface area contributed by atoms with Crippen LogP contribution < -0.4 is 0 Å². The van der Waals surface area contributed by atoms with Gasteiger partial charge in [0.25, 0.3) is 0 Å². The fourth-order valence-electron chi connectivity index (χ4n) is 1.88. The van der Waals surface area contributed by atoms with E-state index in [1.165, 1.54) is 0 Å². The zero-order valence-electron chi connectivity index (χ0n) is 10.5. The van der Waals surface area contributed by atoms with E-state index in [2.05, 4.69) is 13.2 Å². The van der Waals surface area contributed by atoms with Crippen molar-refractivity contribution in [1.82, 2.24) is 0 Å². The molecule has 0 aromatic heterocycles. The fraction of sp³-hybridized carbons (Fsp3) is 0.143. The Hall–Kier alpha value is -2.44. The molecule has 1 rings (SSSR count). The van der Waals surface area contributed by atoms with Crippen molar-refractivity contribution in [2.45, 2.75) is 12.2 Å². The summed E-state index contributed by atoms with van der Waals surface area (Å²) in [6.45, 7) is 6.68. The van der Waals surface area contributed by atoms with Crippen molar-refractivity contribution >= 4 is 11.9 Å². The molecule has 6 heteroatoms. The van der Waals surface area contributed by atoms with Crippen LogP contribution in [0.1, 0.15) is 44.1 Å². The van der Waals surface area contributed by atoms with E-state index in [1.54, 1.807) is 0 Å². The molecule has 0 spiro atoms. The Kier molecular flexibility index (Phi) is 4.79. The molecular formula is C14H14O6. The third kappa shape index (κ3) is 2.76. The maximum Gasteiger partial charge on any atom is 0.336 e. The minimum atomic E-state index is -1.43. The largest absolute Gasteiger partial charge is 0.478 e. The number of aromatic carboxylic acids is 2. The van der Waals surface area contributed by atoms with E-state index in [0.29, 0.717) is 0 Å². The molecule has 1 aromatic rings. The van der Waals surface area contributed by atoms with E-state index < -0.39 is 24.1 Å². The van der Waals surface area contributed by atoms with Gasteiger partial charge in [-0.15, -0.1) is 13.2 Å². The summed E-state index contributed by atoms with van der Waals surface area (Å²) < 4.78 is 0. The van der Waals surface area contributed by atoms with E-state index in [4.69, 9.17) is 10.2 Å². The molecule has 6 nitrogen and oxygen atoms in total. The highest BCUT2D eigenvalue weighted by atomic mass is 16.4. The van der Waals surface area contributed by atoms with Crippen molar-refractivity contribution < 1.29 is 30.0 Å². The molecule has 0 aliphatic carbocycles. The number of carboxylic acids is 2. The standard InChI is InChI=1S/C14H14O6/c1-3-9(15)11-7(13(17)18)5-6-8(14(19)20)12(11)10(16)4-2/h3-6,9-10,15-16H,1-2H2,(H,17,18)(H,19,20). The zero-order valence-corrected chi connectivity index (χ0v) is 10.5. The van der Waals surface area contributed by atoms with Crippen LogP contribution in [0.15, 0.2) is 37.4 Å². The first-order valence-corrected chi connectivity index (χ1v) is 5.59. The summed E-state index contributed by atoms with van der Waals surface area (Å²) in [4.78, 5) is 22.4. The summed E-state index contributed by atoms with van der Waals surface area (Å²) in [7, 11) is 0. The van der Waals surface area contributed by atoms with Crippen LogP contribution in [0.5, 0.6) is 0 Å². The van der Waals surface area contributed by atoms with Gasteiger partial charge in [0.05, 0.1) is 23.3 Å². The Balaban J connectivity index is 3.81. The number of aliphatic hydroxyl groups is 2. The highest BCUT2D eigenvalue weighted by molar-refractivity contribution is 5.95. The quantitative estimate of drug-likeness (QED) is 0.586. The average molecular weight is 278 g/mol. The van der Waals surface area contributed by atoms with Crippen LogP contribution in [-0.4, -0.2) is 32.4 Å². The highest BCUT2D eigenvalue weighted by Crippen LogP contribution is 2.32. The Labute approximate surface area is 114 Å². The van der Waals surface area contributed by atoms with Gasteiger partial charge in [-0.2, -0.15) is 0 Å². The summed E-state index contributed by atoms with van der Waals surface area (Å²) in [6, 6.07) is 2.13. The van der Waals surface area contributed by atoms with Crippen LogP contribution in [0.2, 0.25) is 0 Å². The van der Waals surface area contributed by atoms with Gasteiger partial charge in [-0.3, -0.25) is 0 Å². The Morgan fingerprint density at radius 2 is 1.20 bits per heavy atom. The topological polar surface area (TPSA) is 115 Å². The molecule has 0 aliphatic rings. The van der Waals surface area contributed by atoms with Crippen LogP contribution in [-0.2, 0) is 0 Å². The Morgan fingerprint density at radius 1 is 0.900 bits per heavy atom. The van der Waals surface area contributed by atoms with Crippen molar-refractivity contribution in [2.24, 2.45) is 0 Å². The van der Waals surface area contributed by atoms with Crippen LogP contribution in [0, 0.1) is 0 Å². The van der Waals surface area contributed by atoms with Crippen molar-refractivity contribution in [2.75, 3.05) is 0 Å². The van der Waals surface area contributed by atoms with Gasteiger partial charge < -0.3 is 20.4 Å². The van der Waals surface area contributed by atoms with Gasteiger partial charge in [0.2, 0.25) is 0 Å². The SMILES string of the molecule is C=CC(O)c1c(C(=O)O)ccc(C(=O)O)c1C(O)C=C. The molecule has 0 radical (unpaired) electrons. The second-order valence-corrected chi connectivity index (χ2v) is 3.96. The molecule has 0 heterocycles. The van der Waals surface area contributed by atoms with E-state index in [-0.39, 0.29) is 22.3 Å². The number of hydrogen-bond donors (Lipinski definition) is 4. The average Bonchev–Trinajstić information content (AvgIpc) is 2.43. The molecule has 0 saturated carbocycles. The van der Waals surface area contributed by atoms with E-state index in [1.807, 2.05) is 0 Å². The van der Waals surface area contributed by atoms with Crippen molar-refractivity contribution in [3.05, 3.63) is 59.7 Å². The van der Waals surface area contributed by atoms with Crippen LogP contribution in [0.3, 0.4) is 0 Å². The summed E-state index contributed by atoms with van der Waals surface area (Å²) in [5.74, 6) is -2.70. The molecule has 20 heavy (non-hydrogen) atoms. The van der Waals surface area contributed by atoms with Gasteiger partial charge in [0, 0.05) is 11.1 Å². The number of aliphatic hydroxyl groups excluding tert-OH is 2. The van der Waals surface area contributed by atoms with Crippen LogP contribution >= 0.6 is 0 Å². The molecule has 0 saturated heterocycles. The monoisotopic (exact) mass is 278 g/mol. The summed E-state index contributed by atoms with van der Waals surface area (Å²) in [6.07, 6.45) is -0.755. The van der Waals surface area contributed by atoms with Gasteiger partial charge >= 0.3 is 11.9 Å². The maximum atomic E-state index is 11.2. The maximum absolute atomic E-state index is 11.2. The second kappa shape index (κ2) is 6.14. The summed E-state index contributed by atoms with van der Waals surface area (Å²) in [5.41, 5.74) is -1.03. The number of carboxylic acid groups (broad SMARTS) is 2. The predicted octanol–water partition coefficient (Wildman–Crippen LogP) is 1.52. The van der Waals surface area contributed by atoms with Crippen molar-refractivity contribution in [3.8, 4) is 0 Å². The lowest BCUT2D eigenvalue weighted by molar-refractivity contribution is 0.0672. The summed E-state index contributed by atoms with van der Waals surface area (Å²) >= 11 is 0. The van der Waals surface area contributed by atoms with Gasteiger partial charge in [-0.05, 0) is 12.1 Å². The number of rotatable bonds is 6. The van der Waals surface area contributed by atoms with E-state index in [9.17, 15) is 19.8 Å². The number of hydrogen-bond acceptors (Lipinski definition) is 4. The third-order valence-electron chi connectivity index (χ3n) is 2.79. The smallest absolute Gasteiger partial charge is 0.336 e. The minimum absolute atomic E-state index is 0.209. The molecule has 106 valence electrons. The Bertz CT molecular complexity index is 524. The predicted molar refractivity (Wildman–Crippen MR) is 70.7 cm³/mol. The first-order chi connectivity index (χ1) is 9.34. The van der Waals surface area contributed by atoms with Gasteiger partial charge in [-0.25, -0.2) is 9.59 Å². The molecule has 1 aromatic carbocycles. The lowest BCUT2D eigenvalue weighted by Crippen LogP contribution is -2.16. The van der Waals surface area contributed by atoms with Crippen molar-refractivity contribution in [3.63, 3.8) is 0 Å². The molecule has 2 atom stereocenters. The highest BCUT2D eigenvalue weighted by Gasteiger charge is 2.27. The minimum Gasteiger partial charge on any atom is -0.478 e. The van der Waals surface area contributed by atoms with E-state index in [0.717, 1.165) is 24.3 Å². The first-order valence-electron chi connectivity index (χ1n) is 5.59. The lowest BCUT2D eigenvalue weighted by atomic mass is 9.89. The number of benzene rings is 1. The van der Waals surface area contributed by atoms with Gasteiger partial charge in [0.1, 0.15) is 0 Å². The van der Waals surface area contributed by atoms with Crippen LogP contribution in [0.25, 0.3) is 0 Å². The second-order valence-electron chi connectivity index (χ2n) is 3.96.